The Bertz CT molecular complexity index is 998. The second-order valence-electron chi connectivity index (χ2n) is 6.19. The predicted molar refractivity (Wildman–Crippen MR) is 107 cm³/mol. The van der Waals surface area contributed by atoms with E-state index in [-0.39, 0.29) is 10.8 Å². The number of rotatable bonds is 6. The molecule has 144 valence electrons. The van der Waals surface area contributed by atoms with Crippen LogP contribution in [0.2, 0.25) is 0 Å². The SMILES string of the molecule is CNC(=O)c1ccc(S(=O)(=O)N(C)C(c2ccccc2)c2ccccn2)cc1. The van der Waals surface area contributed by atoms with Gasteiger partial charge >= 0.3 is 0 Å². The maximum Gasteiger partial charge on any atom is 0.251 e. The van der Waals surface area contributed by atoms with Crippen LogP contribution in [0.15, 0.2) is 83.9 Å². The molecule has 0 fully saturated rings. The molecule has 0 bridgehead atoms. The number of nitrogens with zero attached hydrogens (tertiary/aromatic N) is 2. The first-order chi connectivity index (χ1) is 13.4. The van der Waals surface area contributed by atoms with E-state index in [0.717, 1.165) is 5.56 Å². The number of pyridine rings is 1. The largest absolute Gasteiger partial charge is 0.355 e. The van der Waals surface area contributed by atoms with Gasteiger partial charge in [0, 0.05) is 25.9 Å². The van der Waals surface area contributed by atoms with E-state index >= 15 is 0 Å². The molecule has 0 aliphatic carbocycles. The van der Waals surface area contributed by atoms with Crippen LogP contribution in [0.3, 0.4) is 0 Å². The third kappa shape index (κ3) is 3.95. The molecule has 1 atom stereocenters. The van der Waals surface area contributed by atoms with Crippen molar-refractivity contribution < 1.29 is 13.2 Å². The standard InChI is InChI=1S/C21H21N3O3S/c1-22-21(25)17-11-13-18(14-12-17)28(26,27)24(2)20(16-8-4-3-5-9-16)19-10-6-7-15-23-19/h3-15,20H,1-2H3,(H,22,25). The molecule has 3 aromatic rings. The number of hydrogen-bond donors (Lipinski definition) is 1. The molecular weight excluding hydrogens is 374 g/mol. The molecule has 6 nitrogen and oxygen atoms in total. The second kappa shape index (κ2) is 8.33. The first kappa shape index (κ1) is 19.7. The van der Waals surface area contributed by atoms with Crippen molar-refractivity contribution in [3.8, 4) is 0 Å². The number of benzene rings is 2. The van der Waals surface area contributed by atoms with Crippen molar-refractivity contribution in [2.24, 2.45) is 0 Å². The average Bonchev–Trinajstić information content (AvgIpc) is 2.75. The molecule has 0 spiro atoms. The zero-order valence-electron chi connectivity index (χ0n) is 15.6. The number of sulfonamides is 1. The summed E-state index contributed by atoms with van der Waals surface area (Å²) in [5, 5.41) is 2.52. The van der Waals surface area contributed by atoms with Crippen LogP contribution in [0.4, 0.5) is 0 Å². The van der Waals surface area contributed by atoms with Gasteiger partial charge in [-0.1, -0.05) is 36.4 Å². The van der Waals surface area contributed by atoms with E-state index in [1.807, 2.05) is 36.4 Å². The number of nitrogens with one attached hydrogen (secondary N) is 1. The molecule has 2 aromatic carbocycles. The third-order valence-electron chi connectivity index (χ3n) is 4.47. The monoisotopic (exact) mass is 395 g/mol. The topological polar surface area (TPSA) is 79.4 Å². The van der Waals surface area contributed by atoms with E-state index in [9.17, 15) is 13.2 Å². The molecule has 1 aromatic heterocycles. The summed E-state index contributed by atoms with van der Waals surface area (Å²) in [4.78, 5) is 16.2. The molecule has 0 saturated heterocycles. The summed E-state index contributed by atoms with van der Waals surface area (Å²) in [7, 11) is -0.760. The first-order valence-corrected chi connectivity index (χ1v) is 10.1. The van der Waals surface area contributed by atoms with Gasteiger partial charge in [0.05, 0.1) is 16.6 Å². The smallest absolute Gasteiger partial charge is 0.251 e. The van der Waals surface area contributed by atoms with Crippen LogP contribution >= 0.6 is 0 Å². The van der Waals surface area contributed by atoms with Crippen LogP contribution in [0.1, 0.15) is 27.7 Å². The van der Waals surface area contributed by atoms with E-state index < -0.39 is 16.1 Å². The van der Waals surface area contributed by atoms with Crippen molar-refractivity contribution in [3.63, 3.8) is 0 Å². The Labute approximate surface area is 164 Å². The lowest BCUT2D eigenvalue weighted by Crippen LogP contribution is -2.32. The third-order valence-corrected chi connectivity index (χ3v) is 6.30. The van der Waals surface area contributed by atoms with Gasteiger partial charge in [-0.25, -0.2) is 8.42 Å². The van der Waals surface area contributed by atoms with Crippen LogP contribution in [-0.2, 0) is 10.0 Å². The zero-order chi connectivity index (χ0) is 20.1. The highest BCUT2D eigenvalue weighted by Gasteiger charge is 2.31. The lowest BCUT2D eigenvalue weighted by atomic mass is 10.0. The molecule has 0 aliphatic rings. The van der Waals surface area contributed by atoms with Crippen molar-refractivity contribution in [1.29, 1.82) is 0 Å². The molecule has 1 amide bonds. The number of carbonyl (C=O) groups excluding carboxylic acids is 1. The summed E-state index contributed by atoms with van der Waals surface area (Å²) in [6, 6.07) is 20.1. The summed E-state index contributed by atoms with van der Waals surface area (Å²) in [6.45, 7) is 0. The molecular formula is C21H21N3O3S. The van der Waals surface area contributed by atoms with Crippen molar-refractivity contribution in [3.05, 3.63) is 95.8 Å². The fourth-order valence-electron chi connectivity index (χ4n) is 2.97. The van der Waals surface area contributed by atoms with Crippen LogP contribution in [-0.4, -0.2) is 37.7 Å². The van der Waals surface area contributed by atoms with E-state index in [2.05, 4.69) is 10.3 Å². The van der Waals surface area contributed by atoms with E-state index in [1.54, 1.807) is 18.3 Å². The van der Waals surface area contributed by atoms with E-state index in [4.69, 9.17) is 0 Å². The second-order valence-corrected chi connectivity index (χ2v) is 8.19. The molecule has 0 radical (unpaired) electrons. The maximum atomic E-state index is 13.3. The Balaban J connectivity index is 2.02. The van der Waals surface area contributed by atoms with Crippen LogP contribution in [0.5, 0.6) is 0 Å². The van der Waals surface area contributed by atoms with Crippen LogP contribution in [0.25, 0.3) is 0 Å². The Morgan fingerprint density at radius 2 is 1.61 bits per heavy atom. The summed E-state index contributed by atoms with van der Waals surface area (Å²) in [5.41, 5.74) is 1.84. The molecule has 1 heterocycles. The minimum absolute atomic E-state index is 0.111. The lowest BCUT2D eigenvalue weighted by Gasteiger charge is -2.27. The van der Waals surface area contributed by atoms with Crippen molar-refractivity contribution in [2.75, 3.05) is 14.1 Å². The maximum absolute atomic E-state index is 13.3. The normalized spacial score (nSPS) is 12.5. The van der Waals surface area contributed by atoms with Gasteiger partial charge < -0.3 is 5.32 Å². The van der Waals surface area contributed by atoms with Crippen LogP contribution in [0, 0.1) is 0 Å². The number of hydrogen-bond acceptors (Lipinski definition) is 4. The fraction of sp³-hybridized carbons (Fsp3) is 0.143. The molecule has 1 unspecified atom stereocenters. The summed E-state index contributed by atoms with van der Waals surface area (Å²) < 4.78 is 27.8. The minimum Gasteiger partial charge on any atom is -0.355 e. The summed E-state index contributed by atoms with van der Waals surface area (Å²) in [6.07, 6.45) is 1.64. The Kier molecular flexibility index (Phi) is 5.87. The predicted octanol–water partition coefficient (Wildman–Crippen LogP) is 2.85. The van der Waals surface area contributed by atoms with Gasteiger partial charge in [-0.3, -0.25) is 9.78 Å². The molecule has 28 heavy (non-hydrogen) atoms. The van der Waals surface area contributed by atoms with Gasteiger partial charge in [0.25, 0.3) is 5.91 Å². The first-order valence-electron chi connectivity index (χ1n) is 8.71. The highest BCUT2D eigenvalue weighted by Crippen LogP contribution is 2.30. The van der Waals surface area contributed by atoms with Crippen LogP contribution < -0.4 is 5.32 Å². The molecule has 0 aliphatic heterocycles. The highest BCUT2D eigenvalue weighted by molar-refractivity contribution is 7.89. The molecule has 0 saturated carbocycles. The Morgan fingerprint density at radius 3 is 2.18 bits per heavy atom. The number of carbonyl (C=O) groups is 1. The summed E-state index contributed by atoms with van der Waals surface area (Å²) >= 11 is 0. The van der Waals surface area contributed by atoms with Gasteiger partial charge in [-0.2, -0.15) is 4.31 Å². The Morgan fingerprint density at radius 1 is 0.964 bits per heavy atom. The molecule has 3 rings (SSSR count). The van der Waals surface area contributed by atoms with Gasteiger partial charge in [0.2, 0.25) is 10.0 Å². The van der Waals surface area contributed by atoms with E-state index in [0.29, 0.717) is 11.3 Å². The lowest BCUT2D eigenvalue weighted by molar-refractivity contribution is 0.0963. The van der Waals surface area contributed by atoms with Crippen molar-refractivity contribution in [1.82, 2.24) is 14.6 Å². The molecule has 7 heteroatoms. The Hall–Kier alpha value is -3.03. The molecule has 1 N–H and O–H groups in total. The number of amides is 1. The zero-order valence-corrected chi connectivity index (χ0v) is 16.4. The highest BCUT2D eigenvalue weighted by atomic mass is 32.2. The van der Waals surface area contributed by atoms with Gasteiger partial charge in [-0.15, -0.1) is 0 Å². The summed E-state index contributed by atoms with van der Waals surface area (Å²) in [5.74, 6) is -0.270. The van der Waals surface area contributed by atoms with Gasteiger partial charge in [-0.05, 0) is 42.0 Å². The van der Waals surface area contributed by atoms with Gasteiger partial charge in [0.15, 0.2) is 0 Å². The average molecular weight is 395 g/mol. The quantitative estimate of drug-likeness (QED) is 0.696. The number of aromatic nitrogens is 1. The van der Waals surface area contributed by atoms with E-state index in [1.165, 1.54) is 42.7 Å². The minimum atomic E-state index is -3.82. The van der Waals surface area contributed by atoms with Crippen molar-refractivity contribution in [2.45, 2.75) is 10.9 Å². The van der Waals surface area contributed by atoms with Crippen molar-refractivity contribution >= 4 is 15.9 Å². The van der Waals surface area contributed by atoms with Gasteiger partial charge in [0.1, 0.15) is 0 Å². The fourth-order valence-corrected chi connectivity index (χ4v) is 4.29.